The number of benzene rings is 1. The summed E-state index contributed by atoms with van der Waals surface area (Å²) in [6, 6.07) is 9.96. The predicted octanol–water partition coefficient (Wildman–Crippen LogP) is 2.01. The Morgan fingerprint density at radius 2 is 2.05 bits per heavy atom. The molecule has 1 heterocycles. The molecule has 2 rings (SSSR count). The second-order valence-corrected chi connectivity index (χ2v) is 6.58. The van der Waals surface area contributed by atoms with Crippen LogP contribution in [0.3, 0.4) is 0 Å². The van der Waals surface area contributed by atoms with E-state index in [2.05, 4.69) is 37.3 Å². The number of nitrogens with two attached hydrogens (primary N) is 1. The van der Waals surface area contributed by atoms with Crippen LogP contribution in [0.15, 0.2) is 36.5 Å². The zero-order chi connectivity index (χ0) is 16.2. The third kappa shape index (κ3) is 4.18. The lowest BCUT2D eigenvalue weighted by Gasteiger charge is -2.24. The zero-order valence-corrected chi connectivity index (χ0v) is 13.3. The number of hydrogen-bond donors (Lipinski definition) is 2. The van der Waals surface area contributed by atoms with Gasteiger partial charge in [0, 0.05) is 19.3 Å². The smallest absolute Gasteiger partial charge is 0.284 e. The molecule has 117 valence electrons. The van der Waals surface area contributed by atoms with Gasteiger partial charge in [-0.05, 0) is 11.0 Å². The number of primary amides is 1. The summed E-state index contributed by atoms with van der Waals surface area (Å²) in [5.74, 6) is -0.315. The van der Waals surface area contributed by atoms with Gasteiger partial charge in [-0.25, -0.2) is 4.98 Å². The third-order valence-corrected chi connectivity index (χ3v) is 3.35. The van der Waals surface area contributed by atoms with Crippen molar-refractivity contribution < 1.29 is 4.79 Å². The molecule has 1 aromatic heterocycles. The number of nitrogens with zero attached hydrogens (tertiary/aromatic N) is 2. The topological polar surface area (TPSA) is 72.9 Å². The van der Waals surface area contributed by atoms with Crippen LogP contribution in [0.4, 0.5) is 0 Å². The third-order valence-electron chi connectivity index (χ3n) is 3.35. The van der Waals surface area contributed by atoms with Gasteiger partial charge in [0.2, 0.25) is 0 Å². The van der Waals surface area contributed by atoms with Crippen molar-refractivity contribution in [1.82, 2.24) is 14.9 Å². The molecule has 3 N–H and O–H groups in total. The minimum atomic E-state index is -0.544. The van der Waals surface area contributed by atoms with Crippen LogP contribution in [0.1, 0.15) is 43.0 Å². The van der Waals surface area contributed by atoms with Crippen LogP contribution in [-0.4, -0.2) is 28.5 Å². The highest BCUT2D eigenvalue weighted by Gasteiger charge is 2.20. The maximum absolute atomic E-state index is 11.6. The van der Waals surface area contributed by atoms with Crippen molar-refractivity contribution in [2.75, 3.05) is 13.1 Å². The van der Waals surface area contributed by atoms with Crippen LogP contribution in [0.25, 0.3) is 0 Å². The van der Waals surface area contributed by atoms with E-state index < -0.39 is 5.91 Å². The Labute approximate surface area is 131 Å². The van der Waals surface area contributed by atoms with E-state index >= 15 is 0 Å². The van der Waals surface area contributed by atoms with E-state index in [1.807, 2.05) is 30.3 Å². The molecule has 5 nitrogen and oxygen atoms in total. The van der Waals surface area contributed by atoms with Gasteiger partial charge in [0.15, 0.2) is 5.82 Å². The molecule has 0 saturated carbocycles. The fraction of sp³-hybridized carbons (Fsp3) is 0.412. The second-order valence-electron chi connectivity index (χ2n) is 6.58. The number of carbonyl (C=O) groups excluding carboxylic acids is 1. The van der Waals surface area contributed by atoms with Gasteiger partial charge in [0.25, 0.3) is 5.91 Å². The molecule has 2 aromatic rings. The van der Waals surface area contributed by atoms with E-state index in [1.165, 1.54) is 0 Å². The molecular weight excluding hydrogens is 276 g/mol. The summed E-state index contributed by atoms with van der Waals surface area (Å²) >= 11 is 0. The summed E-state index contributed by atoms with van der Waals surface area (Å²) in [6.45, 7) is 8.10. The molecule has 1 amide bonds. The first-order valence-electron chi connectivity index (χ1n) is 7.39. The Bertz CT molecular complexity index is 613. The van der Waals surface area contributed by atoms with Crippen molar-refractivity contribution in [2.24, 2.45) is 11.1 Å². The average molecular weight is 299 g/mol. The maximum atomic E-state index is 11.6. The average Bonchev–Trinajstić information content (AvgIpc) is 2.93. The summed E-state index contributed by atoms with van der Waals surface area (Å²) in [7, 11) is 0. The van der Waals surface area contributed by atoms with Gasteiger partial charge in [0.05, 0.1) is 6.04 Å². The fourth-order valence-corrected chi connectivity index (χ4v) is 2.33. The van der Waals surface area contributed by atoms with E-state index in [4.69, 9.17) is 5.73 Å². The summed E-state index contributed by atoms with van der Waals surface area (Å²) in [4.78, 5) is 15.5. The lowest BCUT2D eigenvalue weighted by atomic mass is 9.96. The number of rotatable bonds is 6. The minimum Gasteiger partial charge on any atom is -0.363 e. The van der Waals surface area contributed by atoms with Gasteiger partial charge >= 0.3 is 0 Å². The first-order valence-corrected chi connectivity index (χ1v) is 7.39. The van der Waals surface area contributed by atoms with E-state index in [-0.39, 0.29) is 17.3 Å². The summed E-state index contributed by atoms with van der Waals surface area (Å²) in [5.41, 5.74) is 6.69. The largest absolute Gasteiger partial charge is 0.363 e. The van der Waals surface area contributed by atoms with Crippen LogP contribution in [-0.2, 0) is 0 Å². The van der Waals surface area contributed by atoms with Crippen molar-refractivity contribution in [1.29, 1.82) is 0 Å². The van der Waals surface area contributed by atoms with Gasteiger partial charge in [-0.15, -0.1) is 0 Å². The second kappa shape index (κ2) is 6.75. The Morgan fingerprint density at radius 1 is 1.36 bits per heavy atom. The van der Waals surface area contributed by atoms with E-state index in [0.717, 1.165) is 12.1 Å². The first kappa shape index (κ1) is 16.2. The van der Waals surface area contributed by atoms with Crippen molar-refractivity contribution in [3.8, 4) is 0 Å². The molecule has 0 saturated heterocycles. The highest BCUT2D eigenvalue weighted by Crippen LogP contribution is 2.20. The number of aromatic nitrogens is 2. The molecule has 0 aliphatic carbocycles. The molecule has 5 heteroatoms. The molecule has 1 aromatic carbocycles. The molecule has 0 bridgehead atoms. The van der Waals surface area contributed by atoms with Crippen LogP contribution >= 0.6 is 0 Å². The zero-order valence-electron chi connectivity index (χ0n) is 13.3. The Kier molecular flexibility index (Phi) is 4.98. The standard InChI is InChI=1S/C17H23N4O/c1-17(2,3)12-19-11-14(13-7-5-4-6-8-13)21-10-9-20-16(21)15(18)22/h4-8,10,14,19H,11-12H2,1-3H3,(H2,18,22)/t14-/m1/s1. The van der Waals surface area contributed by atoms with Gasteiger partial charge in [-0.3, -0.25) is 4.79 Å². The molecule has 0 unspecified atom stereocenters. The van der Waals surface area contributed by atoms with Crippen LogP contribution in [0, 0.1) is 11.6 Å². The number of nitrogens with one attached hydrogen (secondary N) is 1. The summed E-state index contributed by atoms with van der Waals surface area (Å²) in [6.07, 6.45) is 4.40. The highest BCUT2D eigenvalue weighted by atomic mass is 16.1. The molecular formula is C17H23N4O. The summed E-state index contributed by atoms with van der Waals surface area (Å²) < 4.78 is 1.79. The number of amides is 1. The first-order chi connectivity index (χ1) is 10.4. The predicted molar refractivity (Wildman–Crippen MR) is 86.5 cm³/mol. The molecule has 0 fully saturated rings. The highest BCUT2D eigenvalue weighted by molar-refractivity contribution is 5.89. The molecule has 22 heavy (non-hydrogen) atoms. The molecule has 0 spiro atoms. The normalized spacial score (nSPS) is 13.0. The monoisotopic (exact) mass is 299 g/mol. The number of imidazole rings is 1. The lowest BCUT2D eigenvalue weighted by molar-refractivity contribution is 0.0985. The van der Waals surface area contributed by atoms with Crippen LogP contribution in [0.5, 0.6) is 0 Å². The van der Waals surface area contributed by atoms with Crippen LogP contribution in [0.2, 0.25) is 0 Å². The van der Waals surface area contributed by atoms with Crippen LogP contribution < -0.4 is 11.1 Å². The lowest BCUT2D eigenvalue weighted by Crippen LogP contribution is -2.34. The fourth-order valence-electron chi connectivity index (χ4n) is 2.33. The molecule has 1 radical (unpaired) electrons. The Balaban J connectivity index is 2.26. The van der Waals surface area contributed by atoms with Gasteiger partial charge in [0.1, 0.15) is 6.20 Å². The molecule has 1 atom stereocenters. The van der Waals surface area contributed by atoms with E-state index in [1.54, 1.807) is 10.8 Å². The number of hydrogen-bond acceptors (Lipinski definition) is 3. The summed E-state index contributed by atoms with van der Waals surface area (Å²) in [5, 5.41) is 3.46. The van der Waals surface area contributed by atoms with Gasteiger partial charge < -0.3 is 15.6 Å². The SMILES string of the molecule is CC(C)(C)CNC[C@H](c1ccccc1)n1c[c]nc1C(N)=O. The van der Waals surface area contributed by atoms with Gasteiger partial charge in [-0.2, -0.15) is 0 Å². The van der Waals surface area contributed by atoms with Crippen molar-refractivity contribution >= 4 is 5.91 Å². The maximum Gasteiger partial charge on any atom is 0.284 e. The molecule has 0 aliphatic rings. The Hall–Kier alpha value is -2.14. The van der Waals surface area contributed by atoms with Crippen molar-refractivity contribution in [2.45, 2.75) is 26.8 Å². The van der Waals surface area contributed by atoms with Crippen molar-refractivity contribution in [3.05, 3.63) is 54.1 Å². The van der Waals surface area contributed by atoms with E-state index in [9.17, 15) is 4.79 Å². The molecule has 0 aliphatic heterocycles. The Morgan fingerprint density at radius 3 is 2.64 bits per heavy atom. The van der Waals surface area contributed by atoms with Gasteiger partial charge in [-0.1, -0.05) is 51.1 Å². The number of carbonyl (C=O) groups is 1. The van der Waals surface area contributed by atoms with Crippen molar-refractivity contribution in [3.63, 3.8) is 0 Å². The quantitative estimate of drug-likeness (QED) is 0.857. The minimum absolute atomic E-state index is 0.0511. The van der Waals surface area contributed by atoms with E-state index in [0.29, 0.717) is 6.54 Å².